The number of nitrogens with zero attached hydrogens (tertiary/aromatic N) is 1. The molecule has 3 aromatic rings. The molecule has 6 nitrogen and oxygen atoms in total. The summed E-state index contributed by atoms with van der Waals surface area (Å²) in [6.45, 7) is 9.87. The van der Waals surface area contributed by atoms with Gasteiger partial charge in [0.1, 0.15) is 30.0 Å². The van der Waals surface area contributed by atoms with Gasteiger partial charge >= 0.3 is 0 Å². The van der Waals surface area contributed by atoms with Crippen LogP contribution in [0.2, 0.25) is 5.02 Å². The first-order valence-corrected chi connectivity index (χ1v) is 14.6. The average molecular weight is 563 g/mol. The van der Waals surface area contributed by atoms with Gasteiger partial charge in [-0.2, -0.15) is 0 Å². The highest BCUT2D eigenvalue weighted by Gasteiger charge is 2.28. The fourth-order valence-electron chi connectivity index (χ4n) is 5.64. The number of nitrogens with one attached hydrogen (secondary N) is 1. The van der Waals surface area contributed by atoms with Crippen LogP contribution in [0, 0.1) is 13.8 Å². The molecule has 7 heteroatoms. The zero-order valence-corrected chi connectivity index (χ0v) is 24.4. The molecular weight excluding hydrogens is 524 g/mol. The molecule has 0 bridgehead atoms. The number of likely N-dealkylation sites (tertiary alicyclic amines) is 1. The van der Waals surface area contributed by atoms with E-state index in [2.05, 4.69) is 53.5 Å². The maximum Gasteiger partial charge on any atom is 0.149 e. The Morgan fingerprint density at radius 1 is 1.12 bits per heavy atom. The Bertz CT molecular complexity index is 1370. The number of hydrogen-bond acceptors (Lipinski definition) is 6. The van der Waals surface area contributed by atoms with Gasteiger partial charge in [-0.1, -0.05) is 41.9 Å². The molecule has 0 saturated carbocycles. The fourth-order valence-corrected chi connectivity index (χ4v) is 5.87. The smallest absolute Gasteiger partial charge is 0.149 e. The van der Waals surface area contributed by atoms with Gasteiger partial charge in [0.05, 0.1) is 17.7 Å². The first kappa shape index (κ1) is 28.6. The van der Waals surface area contributed by atoms with Crippen LogP contribution in [0.5, 0.6) is 11.5 Å². The number of carbonyl (C=O) groups excluding carboxylic acids is 1. The third-order valence-corrected chi connectivity index (χ3v) is 8.57. The summed E-state index contributed by atoms with van der Waals surface area (Å²) in [5.74, 6) is 1.51. The van der Waals surface area contributed by atoms with Gasteiger partial charge in [-0.25, -0.2) is 0 Å². The van der Waals surface area contributed by atoms with E-state index in [-0.39, 0.29) is 18.5 Å². The van der Waals surface area contributed by atoms with Crippen LogP contribution in [0.4, 0.5) is 0 Å². The first-order valence-electron chi connectivity index (χ1n) is 14.2. The molecule has 2 atom stereocenters. The molecule has 1 saturated heterocycles. The van der Waals surface area contributed by atoms with Crippen molar-refractivity contribution in [2.75, 3.05) is 32.8 Å². The number of aliphatic hydroxyl groups excluding tert-OH is 1. The van der Waals surface area contributed by atoms with Gasteiger partial charge in [-0.15, -0.1) is 0 Å². The molecule has 0 radical (unpaired) electrons. The van der Waals surface area contributed by atoms with E-state index < -0.39 is 6.04 Å². The Morgan fingerprint density at radius 3 is 2.62 bits per heavy atom. The SMILES string of the molecule is CC(=O)C(CO)NCc1cc(Cl)c(O[C@H]2CCc3c(-c4cccc(OCCN5CCC5)c4C)cccc32)cc1C. The minimum absolute atomic E-state index is 0.0800. The molecule has 1 unspecified atom stereocenters. The third-order valence-electron chi connectivity index (χ3n) is 8.28. The number of Topliss-reactive ketones (excluding diaryl/α,β-unsaturated/α-hetero) is 1. The van der Waals surface area contributed by atoms with Gasteiger partial charge in [0.15, 0.2) is 0 Å². The Hall–Kier alpha value is -2.90. The predicted molar refractivity (Wildman–Crippen MR) is 159 cm³/mol. The molecule has 2 N–H and O–H groups in total. The molecule has 1 heterocycles. The topological polar surface area (TPSA) is 71.0 Å². The Labute approximate surface area is 242 Å². The van der Waals surface area contributed by atoms with Crippen LogP contribution in [0.25, 0.3) is 11.1 Å². The van der Waals surface area contributed by atoms with Crippen LogP contribution in [0.1, 0.15) is 53.7 Å². The maximum atomic E-state index is 11.6. The average Bonchev–Trinajstić information content (AvgIpc) is 3.32. The number of carbonyl (C=O) groups is 1. The summed E-state index contributed by atoms with van der Waals surface area (Å²) in [4.78, 5) is 14.1. The van der Waals surface area contributed by atoms with E-state index in [1.54, 1.807) is 0 Å². The summed E-state index contributed by atoms with van der Waals surface area (Å²) < 4.78 is 12.7. The van der Waals surface area contributed by atoms with E-state index in [0.29, 0.717) is 23.9 Å². The minimum Gasteiger partial charge on any atom is -0.492 e. The molecule has 212 valence electrons. The summed E-state index contributed by atoms with van der Waals surface area (Å²) in [5.41, 5.74) is 8.11. The standard InChI is InChI=1S/C33H39ClN2O4/c1-21-17-33(29(34)18-24(21)19-35-30(20-37)23(3)38)40-32-12-11-27-26(8-4-9-28(27)32)25-7-5-10-31(22(25)2)39-16-15-36-13-6-14-36/h4-5,7-10,17-18,30,32,35,37H,6,11-16,19-20H2,1-3H3/t30?,32-/m0/s1. The van der Waals surface area contributed by atoms with Crippen molar-refractivity contribution in [1.29, 1.82) is 0 Å². The van der Waals surface area contributed by atoms with Crippen molar-refractivity contribution in [3.05, 3.63) is 81.4 Å². The predicted octanol–water partition coefficient (Wildman–Crippen LogP) is 5.81. The number of rotatable bonds is 12. The van der Waals surface area contributed by atoms with Crippen LogP contribution < -0.4 is 14.8 Å². The highest BCUT2D eigenvalue weighted by Crippen LogP contribution is 2.43. The fraction of sp³-hybridized carbons (Fsp3) is 0.424. The first-order chi connectivity index (χ1) is 19.4. The second-order valence-corrected chi connectivity index (χ2v) is 11.3. The van der Waals surface area contributed by atoms with Crippen molar-refractivity contribution >= 4 is 17.4 Å². The molecular formula is C33H39ClN2O4. The van der Waals surface area contributed by atoms with E-state index >= 15 is 0 Å². The van der Waals surface area contributed by atoms with Gasteiger partial charge in [0, 0.05) is 13.1 Å². The molecule has 0 amide bonds. The van der Waals surface area contributed by atoms with E-state index in [9.17, 15) is 9.90 Å². The second kappa shape index (κ2) is 12.7. The normalized spacial score (nSPS) is 17.3. The van der Waals surface area contributed by atoms with Crippen LogP contribution >= 0.6 is 11.6 Å². The number of benzene rings is 3. The van der Waals surface area contributed by atoms with Crippen LogP contribution in [0.3, 0.4) is 0 Å². The van der Waals surface area contributed by atoms with E-state index in [1.807, 2.05) is 19.1 Å². The minimum atomic E-state index is -0.584. The molecule has 1 aliphatic carbocycles. The number of hydrogen-bond donors (Lipinski definition) is 2. The van der Waals surface area contributed by atoms with Crippen LogP contribution in [0.15, 0.2) is 48.5 Å². The van der Waals surface area contributed by atoms with Crippen LogP contribution in [-0.2, 0) is 17.8 Å². The van der Waals surface area contributed by atoms with E-state index in [1.165, 1.54) is 54.3 Å². The van der Waals surface area contributed by atoms with Crippen molar-refractivity contribution in [1.82, 2.24) is 10.2 Å². The maximum absolute atomic E-state index is 11.6. The molecule has 0 spiro atoms. The van der Waals surface area contributed by atoms with Crippen molar-refractivity contribution < 1.29 is 19.4 Å². The number of fused-ring (bicyclic) bond motifs is 1. The van der Waals surface area contributed by atoms with Crippen LogP contribution in [-0.4, -0.2) is 54.7 Å². The number of halogens is 1. The zero-order valence-electron chi connectivity index (χ0n) is 23.6. The van der Waals surface area contributed by atoms with Gasteiger partial charge in [-0.3, -0.25) is 9.69 Å². The summed E-state index contributed by atoms with van der Waals surface area (Å²) in [6, 6.07) is 16.1. The van der Waals surface area contributed by atoms with Gasteiger partial charge in [-0.05, 0) is 110 Å². The molecule has 1 fully saturated rings. The van der Waals surface area contributed by atoms with E-state index in [0.717, 1.165) is 36.3 Å². The Balaban J connectivity index is 1.31. The lowest BCUT2D eigenvalue weighted by atomic mass is 9.93. The zero-order chi connectivity index (χ0) is 28.2. The monoisotopic (exact) mass is 562 g/mol. The van der Waals surface area contributed by atoms with Gasteiger partial charge in [0.25, 0.3) is 0 Å². The van der Waals surface area contributed by atoms with E-state index in [4.69, 9.17) is 21.1 Å². The largest absolute Gasteiger partial charge is 0.492 e. The molecule has 1 aliphatic heterocycles. The highest BCUT2D eigenvalue weighted by molar-refractivity contribution is 6.32. The molecule has 2 aliphatic rings. The number of ether oxygens (including phenoxy) is 2. The number of ketones is 1. The third kappa shape index (κ3) is 6.21. The van der Waals surface area contributed by atoms with Crippen molar-refractivity contribution in [2.45, 2.75) is 58.7 Å². The Morgan fingerprint density at radius 2 is 1.90 bits per heavy atom. The summed E-state index contributed by atoms with van der Waals surface area (Å²) in [5, 5.41) is 13.1. The van der Waals surface area contributed by atoms with Crippen molar-refractivity contribution in [2.24, 2.45) is 0 Å². The lowest BCUT2D eigenvalue weighted by Gasteiger charge is -2.30. The molecule has 5 rings (SSSR count). The van der Waals surface area contributed by atoms with Gasteiger partial charge in [0.2, 0.25) is 0 Å². The lowest BCUT2D eigenvalue weighted by molar-refractivity contribution is -0.119. The van der Waals surface area contributed by atoms with Crippen molar-refractivity contribution in [3.8, 4) is 22.6 Å². The second-order valence-electron chi connectivity index (χ2n) is 10.9. The lowest BCUT2D eigenvalue weighted by Crippen LogP contribution is -2.39. The summed E-state index contributed by atoms with van der Waals surface area (Å²) >= 11 is 6.67. The molecule has 0 aromatic heterocycles. The quantitative estimate of drug-likeness (QED) is 0.290. The molecule has 3 aromatic carbocycles. The van der Waals surface area contributed by atoms with Crippen molar-refractivity contribution in [3.63, 3.8) is 0 Å². The number of aryl methyl sites for hydroxylation is 1. The summed E-state index contributed by atoms with van der Waals surface area (Å²) in [7, 11) is 0. The number of aliphatic hydroxyl groups is 1. The summed E-state index contributed by atoms with van der Waals surface area (Å²) in [6.07, 6.45) is 3.03. The molecule has 40 heavy (non-hydrogen) atoms. The van der Waals surface area contributed by atoms with Gasteiger partial charge < -0.3 is 19.9 Å². The highest BCUT2D eigenvalue weighted by atomic mass is 35.5. The Kier molecular flexibility index (Phi) is 9.11.